The van der Waals surface area contributed by atoms with Crippen molar-refractivity contribution in [2.24, 2.45) is 5.92 Å². The number of aromatic nitrogens is 1. The molecule has 0 N–H and O–H groups in total. The maximum Gasteiger partial charge on any atom is 0.410 e. The Labute approximate surface area is 168 Å². The molecule has 26 heavy (non-hydrogen) atoms. The number of hydrogen-bond acceptors (Lipinski definition) is 2. The van der Waals surface area contributed by atoms with E-state index in [1.807, 2.05) is 37.8 Å². The van der Waals surface area contributed by atoms with E-state index in [1.165, 1.54) is 5.39 Å². The number of benzene rings is 1. The van der Waals surface area contributed by atoms with Gasteiger partial charge in [0.1, 0.15) is 5.60 Å². The quantitative estimate of drug-likeness (QED) is 0.577. The van der Waals surface area contributed by atoms with Crippen LogP contribution in [0.3, 0.4) is 0 Å². The molecule has 2 aromatic rings. The van der Waals surface area contributed by atoms with Crippen LogP contribution < -0.4 is 0 Å². The summed E-state index contributed by atoms with van der Waals surface area (Å²) < 4.78 is 8.77. The van der Waals surface area contributed by atoms with Gasteiger partial charge in [-0.05, 0) is 64.2 Å². The first-order chi connectivity index (χ1) is 12.2. The molecular formula is C20H26BrClN2O2. The standard InChI is InChI=1S/C20H26BrClN2O2/c1-20(2,3)26-19(25)24-9-5-14(6-10-24)4-8-23-11-7-16-17(21)12-15(22)13-18(16)23/h7,11-14H,4-6,8-10H2,1-3H3. The van der Waals surface area contributed by atoms with Crippen LogP contribution in [0.15, 0.2) is 28.9 Å². The Balaban J connectivity index is 1.54. The molecule has 4 nitrogen and oxygen atoms in total. The van der Waals surface area contributed by atoms with E-state index in [4.69, 9.17) is 16.3 Å². The first-order valence-electron chi connectivity index (χ1n) is 9.15. The van der Waals surface area contributed by atoms with Gasteiger partial charge in [0.15, 0.2) is 0 Å². The van der Waals surface area contributed by atoms with Crippen molar-refractivity contribution in [3.63, 3.8) is 0 Å². The van der Waals surface area contributed by atoms with Crippen LogP contribution >= 0.6 is 27.5 Å². The van der Waals surface area contributed by atoms with Crippen LogP contribution in [0, 0.1) is 5.92 Å². The van der Waals surface area contributed by atoms with Gasteiger partial charge in [-0.1, -0.05) is 27.5 Å². The molecule has 1 aliphatic rings. The second-order valence-corrected chi connectivity index (χ2v) is 9.32. The summed E-state index contributed by atoms with van der Waals surface area (Å²) in [4.78, 5) is 14.0. The number of ether oxygens (including phenoxy) is 1. The smallest absolute Gasteiger partial charge is 0.410 e. The van der Waals surface area contributed by atoms with Gasteiger partial charge in [0.05, 0.1) is 5.52 Å². The fraction of sp³-hybridized carbons (Fsp3) is 0.550. The lowest BCUT2D eigenvalue weighted by molar-refractivity contribution is 0.0180. The third-order valence-corrected chi connectivity index (χ3v) is 5.72. The van der Waals surface area contributed by atoms with E-state index in [2.05, 4.69) is 32.8 Å². The molecule has 0 radical (unpaired) electrons. The number of amides is 1. The molecule has 2 heterocycles. The highest BCUT2D eigenvalue weighted by atomic mass is 79.9. The van der Waals surface area contributed by atoms with Gasteiger partial charge in [0.25, 0.3) is 0 Å². The van der Waals surface area contributed by atoms with Crippen LogP contribution in [0.5, 0.6) is 0 Å². The van der Waals surface area contributed by atoms with E-state index >= 15 is 0 Å². The van der Waals surface area contributed by atoms with Gasteiger partial charge in [-0.25, -0.2) is 4.79 Å². The van der Waals surface area contributed by atoms with Gasteiger partial charge in [-0.2, -0.15) is 0 Å². The van der Waals surface area contributed by atoms with E-state index in [0.29, 0.717) is 5.92 Å². The van der Waals surface area contributed by atoms with Gasteiger partial charge >= 0.3 is 6.09 Å². The second kappa shape index (κ2) is 7.81. The van der Waals surface area contributed by atoms with Crippen molar-refractivity contribution in [2.45, 2.75) is 52.2 Å². The molecule has 142 valence electrons. The Kier molecular flexibility index (Phi) is 5.88. The Morgan fingerprint density at radius 1 is 1.31 bits per heavy atom. The van der Waals surface area contributed by atoms with E-state index in [9.17, 15) is 4.79 Å². The highest BCUT2D eigenvalue weighted by Crippen LogP contribution is 2.30. The zero-order chi connectivity index (χ0) is 18.9. The first kappa shape index (κ1) is 19.6. The fourth-order valence-corrected chi connectivity index (χ4v) is 4.39. The van der Waals surface area contributed by atoms with Crippen molar-refractivity contribution in [2.75, 3.05) is 13.1 Å². The number of hydrogen-bond donors (Lipinski definition) is 0. The van der Waals surface area contributed by atoms with Crippen molar-refractivity contribution in [3.05, 3.63) is 33.9 Å². The molecule has 0 atom stereocenters. The van der Waals surface area contributed by atoms with Crippen LogP contribution in [0.25, 0.3) is 10.9 Å². The number of aryl methyl sites for hydroxylation is 1. The minimum atomic E-state index is -0.432. The molecule has 1 fully saturated rings. The van der Waals surface area contributed by atoms with Crippen molar-refractivity contribution >= 4 is 44.5 Å². The van der Waals surface area contributed by atoms with Crippen LogP contribution in [0.1, 0.15) is 40.0 Å². The largest absolute Gasteiger partial charge is 0.444 e. The average Bonchev–Trinajstić information content (AvgIpc) is 2.95. The van der Waals surface area contributed by atoms with Crippen molar-refractivity contribution in [1.29, 1.82) is 0 Å². The molecule has 0 unspecified atom stereocenters. The van der Waals surface area contributed by atoms with Gasteiger partial charge in [0, 0.05) is 40.7 Å². The molecule has 0 aliphatic carbocycles. The molecule has 1 saturated heterocycles. The van der Waals surface area contributed by atoms with Gasteiger partial charge in [0.2, 0.25) is 0 Å². The number of halogens is 2. The lowest BCUT2D eigenvalue weighted by Gasteiger charge is -2.33. The lowest BCUT2D eigenvalue weighted by atomic mass is 9.94. The lowest BCUT2D eigenvalue weighted by Crippen LogP contribution is -2.41. The molecule has 1 amide bonds. The Morgan fingerprint density at radius 2 is 2.00 bits per heavy atom. The van der Waals surface area contributed by atoms with Crippen molar-refractivity contribution in [3.8, 4) is 0 Å². The summed E-state index contributed by atoms with van der Waals surface area (Å²) in [6, 6.07) is 6.08. The molecule has 1 aromatic carbocycles. The average molecular weight is 442 g/mol. The SMILES string of the molecule is CC(C)(C)OC(=O)N1CCC(CCn2ccc3c(Br)cc(Cl)cc32)CC1. The molecule has 0 bridgehead atoms. The topological polar surface area (TPSA) is 34.5 Å². The van der Waals surface area contributed by atoms with E-state index in [1.54, 1.807) is 0 Å². The number of nitrogens with zero attached hydrogens (tertiary/aromatic N) is 2. The molecule has 0 saturated carbocycles. The Bertz CT molecular complexity index is 789. The minimum absolute atomic E-state index is 0.188. The predicted octanol–water partition coefficient (Wildman–Crippen LogP) is 6.09. The van der Waals surface area contributed by atoms with E-state index < -0.39 is 5.60 Å². The molecule has 6 heteroatoms. The molecule has 3 rings (SSSR count). The first-order valence-corrected chi connectivity index (χ1v) is 10.3. The number of carbonyl (C=O) groups is 1. The summed E-state index contributed by atoms with van der Waals surface area (Å²) >= 11 is 9.78. The number of fused-ring (bicyclic) bond motifs is 1. The zero-order valence-corrected chi connectivity index (χ0v) is 17.9. The normalized spacial score (nSPS) is 16.3. The van der Waals surface area contributed by atoms with Crippen molar-refractivity contribution < 1.29 is 9.53 Å². The molecule has 1 aromatic heterocycles. The highest BCUT2D eigenvalue weighted by molar-refractivity contribution is 9.10. The summed E-state index contributed by atoms with van der Waals surface area (Å²) in [6.45, 7) is 8.25. The zero-order valence-electron chi connectivity index (χ0n) is 15.6. The monoisotopic (exact) mass is 440 g/mol. The number of piperidine rings is 1. The Morgan fingerprint density at radius 3 is 2.65 bits per heavy atom. The maximum atomic E-state index is 12.2. The van der Waals surface area contributed by atoms with Crippen LogP contribution in [-0.2, 0) is 11.3 Å². The fourth-order valence-electron chi connectivity index (χ4n) is 3.47. The minimum Gasteiger partial charge on any atom is -0.444 e. The van der Waals surface area contributed by atoms with Gasteiger partial charge in [-0.15, -0.1) is 0 Å². The number of rotatable bonds is 3. The van der Waals surface area contributed by atoms with Crippen molar-refractivity contribution in [1.82, 2.24) is 9.47 Å². The second-order valence-electron chi connectivity index (χ2n) is 8.03. The maximum absolute atomic E-state index is 12.2. The van der Waals surface area contributed by atoms with Gasteiger partial charge < -0.3 is 14.2 Å². The van der Waals surface area contributed by atoms with Gasteiger partial charge in [-0.3, -0.25) is 0 Å². The molecule has 1 aliphatic heterocycles. The third-order valence-electron chi connectivity index (χ3n) is 4.85. The highest BCUT2D eigenvalue weighted by Gasteiger charge is 2.26. The summed E-state index contributed by atoms with van der Waals surface area (Å²) in [5.74, 6) is 0.633. The summed E-state index contributed by atoms with van der Waals surface area (Å²) in [7, 11) is 0. The predicted molar refractivity (Wildman–Crippen MR) is 110 cm³/mol. The van der Waals surface area contributed by atoms with E-state index in [0.717, 1.165) is 53.9 Å². The Hall–Kier alpha value is -1.20. The van der Waals surface area contributed by atoms with Crippen LogP contribution in [0.4, 0.5) is 4.79 Å². The summed E-state index contributed by atoms with van der Waals surface area (Å²) in [6.07, 6.45) is 5.11. The third kappa shape index (κ3) is 4.74. The van der Waals surface area contributed by atoms with Crippen LogP contribution in [-0.4, -0.2) is 34.3 Å². The summed E-state index contributed by atoms with van der Waals surface area (Å²) in [5, 5.41) is 1.93. The van der Waals surface area contributed by atoms with E-state index in [-0.39, 0.29) is 6.09 Å². The molecular weight excluding hydrogens is 416 g/mol. The number of likely N-dealkylation sites (tertiary alicyclic amines) is 1. The number of carbonyl (C=O) groups excluding carboxylic acids is 1. The summed E-state index contributed by atoms with van der Waals surface area (Å²) in [5.41, 5.74) is 0.731. The van der Waals surface area contributed by atoms with Crippen LogP contribution in [0.2, 0.25) is 5.02 Å². The molecule has 0 spiro atoms.